The third-order valence-electron chi connectivity index (χ3n) is 8.07. The van der Waals surface area contributed by atoms with Crippen LogP contribution in [-0.2, 0) is 9.53 Å². The van der Waals surface area contributed by atoms with E-state index >= 15 is 0 Å². The van der Waals surface area contributed by atoms with Crippen molar-refractivity contribution >= 4 is 16.7 Å². The number of benzene rings is 2. The van der Waals surface area contributed by atoms with Crippen LogP contribution in [0.5, 0.6) is 5.75 Å². The second-order valence-corrected chi connectivity index (χ2v) is 9.93. The van der Waals surface area contributed by atoms with Gasteiger partial charge in [0.25, 0.3) is 0 Å². The maximum absolute atomic E-state index is 14.5. The zero-order valence-electron chi connectivity index (χ0n) is 18.4. The first-order valence-electron chi connectivity index (χ1n) is 11.9. The van der Waals surface area contributed by atoms with Crippen LogP contribution < -0.4 is 4.74 Å². The summed E-state index contributed by atoms with van der Waals surface area (Å²) in [5.74, 6) is 0.565. The van der Waals surface area contributed by atoms with E-state index in [9.17, 15) is 22.4 Å². The molecule has 3 aliphatic rings. The molecule has 1 heterocycles. The largest absolute Gasteiger partial charge is 0.573 e. The van der Waals surface area contributed by atoms with Crippen LogP contribution in [0.3, 0.4) is 0 Å². The summed E-state index contributed by atoms with van der Waals surface area (Å²) >= 11 is 0. The number of fused-ring (bicyclic) bond motifs is 1. The lowest BCUT2D eigenvalue weighted by atomic mass is 9.67. The minimum atomic E-state index is -4.92. The molecule has 3 fully saturated rings. The van der Waals surface area contributed by atoms with E-state index in [1.54, 1.807) is 6.07 Å². The minimum absolute atomic E-state index is 0.0630. The highest BCUT2D eigenvalue weighted by Crippen LogP contribution is 2.46. The second kappa shape index (κ2) is 8.80. The Morgan fingerprint density at radius 1 is 0.848 bits per heavy atom. The average Bonchev–Trinajstić information content (AvgIpc) is 2.78. The van der Waals surface area contributed by atoms with Crippen LogP contribution in [0.15, 0.2) is 30.3 Å². The van der Waals surface area contributed by atoms with Gasteiger partial charge in [-0.3, -0.25) is 4.79 Å². The maximum Gasteiger partial charge on any atom is 0.573 e. The van der Waals surface area contributed by atoms with Crippen LogP contribution in [0, 0.1) is 23.6 Å². The summed E-state index contributed by atoms with van der Waals surface area (Å²) in [5, 5.41) is 0.736. The number of rotatable bonds is 4. The first-order chi connectivity index (χ1) is 15.8. The number of hydrogen-bond acceptors (Lipinski definition) is 3. The molecule has 2 aromatic carbocycles. The van der Waals surface area contributed by atoms with E-state index in [0.29, 0.717) is 23.6 Å². The standard InChI is InChI=1S/C26H28F4O3/c27-25-21-11-9-19(13-20(21)10-12-22(25)33-26(28,29)30)17-3-1-15(2-4-17)16-5-7-18(8-6-16)23-14-24(31)32-23/h9-13,15-18,23H,1-8,14H2. The van der Waals surface area contributed by atoms with Crippen molar-refractivity contribution in [2.24, 2.45) is 17.8 Å². The number of cyclic esters (lactones) is 1. The summed E-state index contributed by atoms with van der Waals surface area (Å²) in [7, 11) is 0. The number of halogens is 4. The normalized spacial score (nSPS) is 30.5. The lowest BCUT2D eigenvalue weighted by Gasteiger charge is -2.41. The van der Waals surface area contributed by atoms with Gasteiger partial charge in [-0.2, -0.15) is 0 Å². The second-order valence-electron chi connectivity index (χ2n) is 9.93. The molecule has 33 heavy (non-hydrogen) atoms. The zero-order valence-corrected chi connectivity index (χ0v) is 18.4. The number of carbonyl (C=O) groups is 1. The van der Waals surface area contributed by atoms with Crippen molar-refractivity contribution in [2.45, 2.75) is 76.2 Å². The van der Waals surface area contributed by atoms with Crippen LogP contribution >= 0.6 is 0 Å². The van der Waals surface area contributed by atoms with Gasteiger partial charge in [0.05, 0.1) is 6.42 Å². The van der Waals surface area contributed by atoms with Crippen LogP contribution in [0.25, 0.3) is 10.8 Å². The van der Waals surface area contributed by atoms with Crippen molar-refractivity contribution in [3.05, 3.63) is 41.7 Å². The molecule has 1 aliphatic heterocycles. The molecule has 0 spiro atoms. The molecule has 2 aliphatic carbocycles. The monoisotopic (exact) mass is 464 g/mol. The predicted octanol–water partition coefficient (Wildman–Crippen LogP) is 7.27. The van der Waals surface area contributed by atoms with Gasteiger partial charge in [-0.15, -0.1) is 13.2 Å². The molecule has 0 N–H and O–H groups in total. The van der Waals surface area contributed by atoms with Crippen molar-refractivity contribution in [3.63, 3.8) is 0 Å². The topological polar surface area (TPSA) is 35.5 Å². The molecular formula is C26H28F4O3. The Balaban J connectivity index is 1.18. The van der Waals surface area contributed by atoms with Gasteiger partial charge in [0.1, 0.15) is 6.10 Å². The average molecular weight is 464 g/mol. The highest BCUT2D eigenvalue weighted by molar-refractivity contribution is 5.85. The fourth-order valence-corrected chi connectivity index (χ4v) is 6.25. The van der Waals surface area contributed by atoms with E-state index in [2.05, 4.69) is 4.74 Å². The lowest BCUT2D eigenvalue weighted by molar-refractivity contribution is -0.275. The molecule has 0 amide bonds. The van der Waals surface area contributed by atoms with Gasteiger partial charge < -0.3 is 9.47 Å². The van der Waals surface area contributed by atoms with Crippen molar-refractivity contribution in [1.29, 1.82) is 0 Å². The van der Waals surface area contributed by atoms with Crippen molar-refractivity contribution in [3.8, 4) is 5.75 Å². The molecule has 3 nitrogen and oxygen atoms in total. The summed E-state index contributed by atoms with van der Waals surface area (Å²) in [6, 6.07) is 7.87. The van der Waals surface area contributed by atoms with Gasteiger partial charge in [0.15, 0.2) is 11.6 Å². The van der Waals surface area contributed by atoms with Crippen molar-refractivity contribution in [2.75, 3.05) is 0 Å². The molecule has 2 saturated carbocycles. The van der Waals surface area contributed by atoms with Crippen LogP contribution in [-0.4, -0.2) is 18.4 Å². The van der Waals surface area contributed by atoms with Gasteiger partial charge >= 0.3 is 12.3 Å². The van der Waals surface area contributed by atoms with Gasteiger partial charge in [0.2, 0.25) is 0 Å². The zero-order chi connectivity index (χ0) is 23.2. The van der Waals surface area contributed by atoms with Gasteiger partial charge in [0, 0.05) is 5.39 Å². The summed E-state index contributed by atoms with van der Waals surface area (Å²) in [6.07, 6.45) is 5.05. The molecule has 178 valence electrons. The van der Waals surface area contributed by atoms with E-state index in [1.807, 2.05) is 12.1 Å². The smallest absolute Gasteiger partial charge is 0.461 e. The maximum atomic E-state index is 14.5. The Hall–Kier alpha value is -2.31. The van der Waals surface area contributed by atoms with Crippen molar-refractivity contribution < 1.29 is 31.8 Å². The van der Waals surface area contributed by atoms with E-state index < -0.39 is 17.9 Å². The number of carbonyl (C=O) groups excluding carboxylic acids is 1. The highest BCUT2D eigenvalue weighted by Gasteiger charge is 2.39. The molecule has 7 heteroatoms. The molecule has 1 saturated heterocycles. The summed E-state index contributed by atoms with van der Waals surface area (Å²) in [4.78, 5) is 11.1. The highest BCUT2D eigenvalue weighted by atomic mass is 19.4. The molecule has 5 rings (SSSR count). The summed E-state index contributed by atoms with van der Waals surface area (Å²) in [5.41, 5.74) is 1.13. The van der Waals surface area contributed by atoms with Crippen molar-refractivity contribution in [1.82, 2.24) is 0 Å². The number of hydrogen-bond donors (Lipinski definition) is 0. The third kappa shape index (κ3) is 4.82. The Morgan fingerprint density at radius 2 is 1.45 bits per heavy atom. The van der Waals surface area contributed by atoms with Crippen LogP contribution in [0.1, 0.15) is 69.3 Å². The summed E-state index contributed by atoms with van der Waals surface area (Å²) in [6.45, 7) is 0. The Kier molecular flexibility index (Phi) is 6.00. The first-order valence-corrected chi connectivity index (χ1v) is 11.9. The van der Waals surface area contributed by atoms with Gasteiger partial charge in [-0.25, -0.2) is 4.39 Å². The van der Waals surface area contributed by atoms with Gasteiger partial charge in [-0.1, -0.05) is 24.3 Å². The molecule has 2 aromatic rings. The number of alkyl halides is 3. The third-order valence-corrected chi connectivity index (χ3v) is 8.07. The summed E-state index contributed by atoms with van der Waals surface area (Å²) < 4.78 is 61.0. The SMILES string of the molecule is O=C1CC(C2CCC(C3CCC(c4ccc5c(F)c(OC(F)(F)F)ccc5c4)CC3)CC2)O1. The molecule has 0 bridgehead atoms. The number of esters is 1. The Bertz CT molecular complexity index is 1010. The minimum Gasteiger partial charge on any atom is -0.461 e. The molecular weight excluding hydrogens is 436 g/mol. The fraction of sp³-hybridized carbons (Fsp3) is 0.577. The fourth-order valence-electron chi connectivity index (χ4n) is 6.25. The van der Waals surface area contributed by atoms with E-state index in [1.165, 1.54) is 31.7 Å². The van der Waals surface area contributed by atoms with Crippen LogP contribution in [0.4, 0.5) is 17.6 Å². The number of ether oxygens (including phenoxy) is 2. The van der Waals surface area contributed by atoms with Gasteiger partial charge in [-0.05, 0) is 92.1 Å². The molecule has 0 radical (unpaired) electrons. The van der Waals surface area contributed by atoms with E-state index in [-0.39, 0.29) is 17.5 Å². The Morgan fingerprint density at radius 3 is 2.06 bits per heavy atom. The van der Waals surface area contributed by atoms with Crippen LogP contribution in [0.2, 0.25) is 0 Å². The van der Waals surface area contributed by atoms with E-state index in [0.717, 1.165) is 49.1 Å². The van der Waals surface area contributed by atoms with E-state index in [4.69, 9.17) is 4.74 Å². The Labute approximate surface area is 190 Å². The first kappa shape index (κ1) is 22.5. The lowest BCUT2D eigenvalue weighted by Crippen LogP contribution is -2.41. The molecule has 1 atom stereocenters. The molecule has 1 unspecified atom stereocenters. The predicted molar refractivity (Wildman–Crippen MR) is 115 cm³/mol. The molecule has 0 aromatic heterocycles. The quantitative estimate of drug-likeness (QED) is 0.353.